The van der Waals surface area contributed by atoms with Crippen molar-refractivity contribution in [1.29, 1.82) is 0 Å². The highest BCUT2D eigenvalue weighted by Crippen LogP contribution is 2.30. The lowest BCUT2D eigenvalue weighted by molar-refractivity contribution is 0.402. The Kier molecular flexibility index (Phi) is 5.10. The van der Waals surface area contributed by atoms with Crippen molar-refractivity contribution in [2.45, 2.75) is 10.6 Å². The van der Waals surface area contributed by atoms with E-state index in [2.05, 4.69) is 30.9 Å². The zero-order valence-electron chi connectivity index (χ0n) is 13.3. The number of rotatable bonds is 5. The van der Waals surface area contributed by atoms with Crippen molar-refractivity contribution in [2.24, 2.45) is 0 Å². The average Bonchev–Trinajstić information content (AvgIpc) is 2.62. The van der Waals surface area contributed by atoms with Crippen molar-refractivity contribution in [3.63, 3.8) is 0 Å². The number of aromatic nitrogens is 3. The molecule has 6 nitrogen and oxygen atoms in total. The highest BCUT2D eigenvalue weighted by atomic mass is 79.9. The first kappa shape index (κ1) is 17.5. The van der Waals surface area contributed by atoms with Crippen molar-refractivity contribution in [2.75, 3.05) is 7.11 Å². The highest BCUT2D eigenvalue weighted by Gasteiger charge is 2.21. The van der Waals surface area contributed by atoms with Gasteiger partial charge >= 0.3 is 0 Å². The van der Waals surface area contributed by atoms with Crippen LogP contribution in [0.5, 0.6) is 5.75 Å². The van der Waals surface area contributed by atoms with Gasteiger partial charge in [-0.2, -0.15) is 0 Å². The molecule has 0 amide bonds. The van der Waals surface area contributed by atoms with Crippen LogP contribution in [-0.2, 0) is 15.6 Å². The molecule has 3 aromatic rings. The molecule has 0 fully saturated rings. The minimum atomic E-state index is -3.61. The Balaban J connectivity index is 1.96. The summed E-state index contributed by atoms with van der Waals surface area (Å²) in [6.07, 6.45) is 7.91. The number of benzene rings is 1. The summed E-state index contributed by atoms with van der Waals surface area (Å²) in [5.74, 6) is 0.113. The third-order valence-corrected chi connectivity index (χ3v) is 5.67. The number of methoxy groups -OCH3 is 1. The molecule has 0 aliphatic carbocycles. The molecule has 0 aliphatic rings. The monoisotopic (exact) mass is 419 g/mol. The Morgan fingerprint density at radius 1 is 1.08 bits per heavy atom. The lowest BCUT2D eigenvalue weighted by Gasteiger charge is -2.10. The molecule has 3 rings (SSSR count). The van der Waals surface area contributed by atoms with Gasteiger partial charge in [-0.25, -0.2) is 8.42 Å². The molecule has 0 aliphatic heterocycles. The number of ether oxygens (including phenoxy) is 1. The lowest BCUT2D eigenvalue weighted by Crippen LogP contribution is -2.07. The lowest BCUT2D eigenvalue weighted by atomic mass is 10.2. The van der Waals surface area contributed by atoms with Crippen LogP contribution in [0.3, 0.4) is 0 Å². The second kappa shape index (κ2) is 7.28. The summed E-state index contributed by atoms with van der Waals surface area (Å²) in [6.45, 7) is 0. The maximum absolute atomic E-state index is 12.8. The Hall–Kier alpha value is -2.32. The molecule has 0 radical (unpaired) electrons. The van der Waals surface area contributed by atoms with Crippen molar-refractivity contribution in [3.05, 3.63) is 65.3 Å². The van der Waals surface area contributed by atoms with Crippen LogP contribution >= 0.6 is 15.9 Å². The first-order chi connectivity index (χ1) is 12.0. The predicted molar refractivity (Wildman–Crippen MR) is 96.8 cm³/mol. The molecule has 0 atom stereocenters. The molecule has 2 heterocycles. The Bertz CT molecular complexity index is 995. The van der Waals surface area contributed by atoms with Gasteiger partial charge in [0.05, 0.1) is 24.8 Å². The van der Waals surface area contributed by atoms with Crippen molar-refractivity contribution >= 4 is 25.8 Å². The minimum Gasteiger partial charge on any atom is -0.495 e. The van der Waals surface area contributed by atoms with E-state index in [9.17, 15) is 8.42 Å². The predicted octanol–water partition coefficient (Wildman–Crippen LogP) is 3.28. The van der Waals surface area contributed by atoms with E-state index < -0.39 is 9.84 Å². The second-order valence-electron chi connectivity index (χ2n) is 5.23. The fourth-order valence-corrected chi connectivity index (χ4v) is 4.37. The van der Waals surface area contributed by atoms with Crippen LogP contribution in [0.2, 0.25) is 0 Å². The van der Waals surface area contributed by atoms with Gasteiger partial charge in [0.2, 0.25) is 0 Å². The van der Waals surface area contributed by atoms with Crippen LogP contribution in [0, 0.1) is 0 Å². The molecule has 25 heavy (non-hydrogen) atoms. The van der Waals surface area contributed by atoms with E-state index in [1.165, 1.54) is 19.4 Å². The maximum Gasteiger partial charge on any atom is 0.186 e. The fraction of sp³-hybridized carbons (Fsp3) is 0.118. The van der Waals surface area contributed by atoms with Gasteiger partial charge < -0.3 is 4.74 Å². The van der Waals surface area contributed by atoms with Gasteiger partial charge in [-0.15, -0.1) is 0 Å². The summed E-state index contributed by atoms with van der Waals surface area (Å²) < 4.78 is 31.5. The van der Waals surface area contributed by atoms with Crippen LogP contribution < -0.4 is 4.74 Å². The fourth-order valence-electron chi connectivity index (χ4n) is 2.35. The Labute approximate surface area is 154 Å². The van der Waals surface area contributed by atoms with Crippen molar-refractivity contribution in [3.8, 4) is 17.0 Å². The van der Waals surface area contributed by atoms with E-state index in [0.717, 1.165) is 0 Å². The summed E-state index contributed by atoms with van der Waals surface area (Å²) in [7, 11) is -2.17. The molecule has 0 N–H and O–H groups in total. The average molecular weight is 420 g/mol. The molecular weight excluding hydrogens is 406 g/mol. The normalized spacial score (nSPS) is 11.3. The van der Waals surface area contributed by atoms with E-state index in [1.54, 1.807) is 43.0 Å². The first-order valence-electron chi connectivity index (χ1n) is 7.26. The first-order valence-corrected chi connectivity index (χ1v) is 9.71. The zero-order chi connectivity index (χ0) is 17.9. The third-order valence-electron chi connectivity index (χ3n) is 3.47. The van der Waals surface area contributed by atoms with E-state index in [4.69, 9.17) is 4.74 Å². The van der Waals surface area contributed by atoms with Gasteiger partial charge in [0.1, 0.15) is 10.6 Å². The van der Waals surface area contributed by atoms with Crippen LogP contribution in [0.1, 0.15) is 5.56 Å². The highest BCUT2D eigenvalue weighted by molar-refractivity contribution is 9.10. The molecule has 0 spiro atoms. The molecule has 2 aromatic heterocycles. The summed E-state index contributed by atoms with van der Waals surface area (Å²) >= 11 is 3.30. The van der Waals surface area contributed by atoms with E-state index in [1.807, 2.05) is 0 Å². The number of halogens is 1. The van der Waals surface area contributed by atoms with Gasteiger partial charge in [-0.1, -0.05) is 15.9 Å². The third kappa shape index (κ3) is 4.02. The largest absolute Gasteiger partial charge is 0.495 e. The number of sulfone groups is 1. The van der Waals surface area contributed by atoms with Gasteiger partial charge in [0, 0.05) is 34.8 Å². The smallest absolute Gasteiger partial charge is 0.186 e. The number of hydrogen-bond donors (Lipinski definition) is 0. The van der Waals surface area contributed by atoms with Crippen LogP contribution in [0.25, 0.3) is 11.3 Å². The maximum atomic E-state index is 12.8. The van der Waals surface area contributed by atoms with Gasteiger partial charge in [0.15, 0.2) is 9.84 Å². The number of hydrogen-bond acceptors (Lipinski definition) is 6. The number of nitrogens with zero attached hydrogens (tertiary/aromatic N) is 3. The molecule has 1 aromatic carbocycles. The zero-order valence-corrected chi connectivity index (χ0v) is 15.7. The molecule has 0 saturated heterocycles. The number of pyridine rings is 1. The molecule has 0 saturated carbocycles. The summed E-state index contributed by atoms with van der Waals surface area (Å²) in [4.78, 5) is 12.5. The van der Waals surface area contributed by atoms with Crippen LogP contribution in [0.4, 0.5) is 0 Å². The SMILES string of the molecule is COc1ccc(Br)cc1S(=O)(=O)Cc1cncc(-c2cnccn2)c1. The molecule has 8 heteroatoms. The van der Waals surface area contributed by atoms with Gasteiger partial charge in [0.25, 0.3) is 0 Å². The molecule has 0 bridgehead atoms. The van der Waals surface area contributed by atoms with Crippen LogP contribution in [0.15, 0.2) is 64.6 Å². The van der Waals surface area contributed by atoms with Crippen molar-refractivity contribution in [1.82, 2.24) is 15.0 Å². The van der Waals surface area contributed by atoms with E-state index in [-0.39, 0.29) is 10.6 Å². The van der Waals surface area contributed by atoms with E-state index >= 15 is 0 Å². The molecular formula is C17H14BrN3O3S. The second-order valence-corrected chi connectivity index (χ2v) is 8.10. The molecule has 0 unspecified atom stereocenters. The topological polar surface area (TPSA) is 82.0 Å². The summed E-state index contributed by atoms with van der Waals surface area (Å²) in [6, 6.07) is 6.63. The summed E-state index contributed by atoms with van der Waals surface area (Å²) in [5.41, 5.74) is 1.90. The van der Waals surface area contributed by atoms with E-state index in [0.29, 0.717) is 27.0 Å². The molecule has 128 valence electrons. The Morgan fingerprint density at radius 3 is 2.64 bits per heavy atom. The van der Waals surface area contributed by atoms with Crippen LogP contribution in [-0.4, -0.2) is 30.5 Å². The standard InChI is InChI=1S/C17H14BrN3O3S/c1-24-16-3-2-14(18)7-17(16)25(22,23)11-12-6-13(9-20-8-12)15-10-19-4-5-21-15/h2-10H,11H2,1H3. The quantitative estimate of drug-likeness (QED) is 0.630. The summed E-state index contributed by atoms with van der Waals surface area (Å²) in [5, 5.41) is 0. The van der Waals surface area contributed by atoms with Gasteiger partial charge in [-0.3, -0.25) is 15.0 Å². The van der Waals surface area contributed by atoms with Gasteiger partial charge in [-0.05, 0) is 29.8 Å². The minimum absolute atomic E-state index is 0.134. The Morgan fingerprint density at radius 2 is 1.92 bits per heavy atom. The van der Waals surface area contributed by atoms with Crippen molar-refractivity contribution < 1.29 is 13.2 Å².